The molecule has 1 aromatic carbocycles. The van der Waals surface area contributed by atoms with E-state index >= 15 is 0 Å². The molecule has 1 aliphatic heterocycles. The van der Waals surface area contributed by atoms with E-state index in [1.807, 2.05) is 4.57 Å². The van der Waals surface area contributed by atoms with Gasteiger partial charge in [0.25, 0.3) is 0 Å². The number of imidazole rings is 1. The zero-order valence-electron chi connectivity index (χ0n) is 15.8. The van der Waals surface area contributed by atoms with Gasteiger partial charge in [-0.3, -0.25) is 14.3 Å². The van der Waals surface area contributed by atoms with Crippen LogP contribution in [0.25, 0.3) is 11.0 Å². The topological polar surface area (TPSA) is 47.4 Å². The number of fused-ring (bicyclic) bond motifs is 4. The van der Waals surface area contributed by atoms with Crippen molar-refractivity contribution >= 4 is 22.9 Å². The van der Waals surface area contributed by atoms with Crippen LogP contribution in [0, 0.1) is 17.2 Å². The summed E-state index contributed by atoms with van der Waals surface area (Å²) in [5.41, 5.74) is -0.134. The van der Waals surface area contributed by atoms with Crippen molar-refractivity contribution in [3.8, 4) is 5.75 Å². The average Bonchev–Trinajstić information content (AvgIpc) is 3.31. The number of benzene rings is 1. The van der Waals surface area contributed by atoms with Crippen molar-refractivity contribution in [2.45, 2.75) is 64.6 Å². The van der Waals surface area contributed by atoms with Gasteiger partial charge < -0.3 is 4.74 Å². The summed E-state index contributed by atoms with van der Waals surface area (Å²) in [6, 6.07) is 2.30. The number of ether oxygens (including phenoxy) is 1. The molecule has 1 aromatic heterocycles. The smallest absolute Gasteiger partial charge is 0.387 e. The van der Waals surface area contributed by atoms with E-state index < -0.39 is 18.1 Å². The van der Waals surface area contributed by atoms with Gasteiger partial charge in [0.15, 0.2) is 5.82 Å². The molecule has 0 bridgehead atoms. The first-order valence-electron chi connectivity index (χ1n) is 9.73. The van der Waals surface area contributed by atoms with Crippen molar-refractivity contribution in [1.82, 2.24) is 9.55 Å². The SMILES string of the molecule is CC(C)(CC(=O)N1c2nc3c(F)cc(OC(F)F)cc3n2C12CCC2)C1CC1. The summed E-state index contributed by atoms with van der Waals surface area (Å²) in [7, 11) is 0. The number of halogens is 3. The highest BCUT2D eigenvalue weighted by Gasteiger charge is 2.59. The molecular formula is C20H22F3N3O2. The van der Waals surface area contributed by atoms with E-state index in [1.54, 1.807) is 4.90 Å². The number of carbonyl (C=O) groups excluding carboxylic acids is 1. The number of carbonyl (C=O) groups is 1. The number of alkyl halides is 2. The van der Waals surface area contributed by atoms with Gasteiger partial charge in [-0.15, -0.1) is 0 Å². The minimum absolute atomic E-state index is 0.00358. The minimum atomic E-state index is -3.03. The number of hydrogen-bond acceptors (Lipinski definition) is 3. The summed E-state index contributed by atoms with van der Waals surface area (Å²) in [5.74, 6) is 0.00990. The third kappa shape index (κ3) is 2.39. The molecular weight excluding hydrogens is 371 g/mol. The van der Waals surface area contributed by atoms with Gasteiger partial charge in [0.2, 0.25) is 11.9 Å². The van der Waals surface area contributed by atoms with Crippen LogP contribution in [0.15, 0.2) is 12.1 Å². The van der Waals surface area contributed by atoms with Crippen LogP contribution in [0.5, 0.6) is 5.75 Å². The lowest BCUT2D eigenvalue weighted by Crippen LogP contribution is -2.66. The fourth-order valence-corrected chi connectivity index (χ4v) is 4.83. The first-order valence-corrected chi connectivity index (χ1v) is 9.73. The number of nitrogens with zero attached hydrogens (tertiary/aromatic N) is 3. The molecule has 0 radical (unpaired) electrons. The van der Waals surface area contributed by atoms with Crippen molar-refractivity contribution < 1.29 is 22.7 Å². The molecule has 0 N–H and O–H groups in total. The molecule has 0 unspecified atom stereocenters. The molecule has 5 rings (SSSR count). The van der Waals surface area contributed by atoms with E-state index in [0.717, 1.165) is 38.2 Å². The number of anilines is 1. The van der Waals surface area contributed by atoms with Crippen molar-refractivity contribution in [1.29, 1.82) is 0 Å². The molecule has 2 fully saturated rings. The Morgan fingerprint density at radius 1 is 1.36 bits per heavy atom. The molecule has 5 nitrogen and oxygen atoms in total. The summed E-state index contributed by atoms with van der Waals surface area (Å²) in [4.78, 5) is 19.2. The maximum Gasteiger partial charge on any atom is 0.387 e. The monoisotopic (exact) mass is 393 g/mol. The molecule has 2 heterocycles. The van der Waals surface area contributed by atoms with Crippen molar-refractivity contribution in [2.24, 2.45) is 11.3 Å². The maximum absolute atomic E-state index is 14.5. The molecule has 2 aromatic rings. The van der Waals surface area contributed by atoms with E-state index in [9.17, 15) is 18.0 Å². The highest BCUT2D eigenvalue weighted by molar-refractivity contribution is 5.99. The van der Waals surface area contributed by atoms with Gasteiger partial charge in [-0.25, -0.2) is 9.37 Å². The van der Waals surface area contributed by atoms with Gasteiger partial charge in [-0.05, 0) is 43.4 Å². The number of amides is 1. The van der Waals surface area contributed by atoms with Crippen LogP contribution in [0.3, 0.4) is 0 Å². The Morgan fingerprint density at radius 2 is 2.07 bits per heavy atom. The quantitative estimate of drug-likeness (QED) is 0.734. The van der Waals surface area contributed by atoms with Crippen LogP contribution in [-0.4, -0.2) is 22.1 Å². The molecule has 1 spiro atoms. The predicted molar refractivity (Wildman–Crippen MR) is 96.8 cm³/mol. The van der Waals surface area contributed by atoms with Crippen LogP contribution in [0.2, 0.25) is 0 Å². The van der Waals surface area contributed by atoms with Crippen LogP contribution < -0.4 is 9.64 Å². The van der Waals surface area contributed by atoms with Crippen LogP contribution >= 0.6 is 0 Å². The Kier molecular flexibility index (Phi) is 3.59. The Bertz CT molecular complexity index is 977. The number of rotatable bonds is 5. The van der Waals surface area contributed by atoms with Gasteiger partial charge >= 0.3 is 6.61 Å². The summed E-state index contributed by atoms with van der Waals surface area (Å²) in [5, 5.41) is 0. The fourth-order valence-electron chi connectivity index (χ4n) is 4.83. The van der Waals surface area contributed by atoms with Gasteiger partial charge in [-0.1, -0.05) is 13.8 Å². The van der Waals surface area contributed by atoms with Gasteiger partial charge in [-0.2, -0.15) is 8.78 Å². The molecule has 8 heteroatoms. The van der Waals surface area contributed by atoms with Gasteiger partial charge in [0, 0.05) is 18.6 Å². The van der Waals surface area contributed by atoms with Gasteiger partial charge in [0.1, 0.15) is 16.9 Å². The molecule has 0 atom stereocenters. The van der Waals surface area contributed by atoms with E-state index in [4.69, 9.17) is 0 Å². The lowest BCUT2D eigenvalue weighted by atomic mass is 9.78. The Balaban J connectivity index is 1.55. The molecule has 2 aliphatic carbocycles. The summed E-state index contributed by atoms with van der Waals surface area (Å²) in [6.07, 6.45) is 5.19. The first-order chi connectivity index (χ1) is 13.2. The van der Waals surface area contributed by atoms with E-state index in [0.29, 0.717) is 23.8 Å². The molecule has 28 heavy (non-hydrogen) atoms. The zero-order chi connectivity index (χ0) is 19.8. The Hall–Kier alpha value is -2.25. The maximum atomic E-state index is 14.5. The largest absolute Gasteiger partial charge is 0.435 e. The number of aromatic nitrogens is 2. The second kappa shape index (κ2) is 5.64. The molecule has 1 amide bonds. The third-order valence-corrected chi connectivity index (χ3v) is 6.62. The Labute approximate surface area is 160 Å². The lowest BCUT2D eigenvalue weighted by molar-refractivity contribution is -0.126. The zero-order valence-corrected chi connectivity index (χ0v) is 15.8. The highest BCUT2D eigenvalue weighted by atomic mass is 19.3. The van der Waals surface area contributed by atoms with E-state index in [2.05, 4.69) is 23.6 Å². The third-order valence-electron chi connectivity index (χ3n) is 6.62. The normalized spacial score (nSPS) is 20.3. The molecule has 3 aliphatic rings. The first kappa shape index (κ1) is 17.8. The summed E-state index contributed by atoms with van der Waals surface area (Å²) < 4.78 is 45.9. The van der Waals surface area contributed by atoms with E-state index in [-0.39, 0.29) is 22.6 Å². The number of hydrogen-bond donors (Lipinski definition) is 0. The molecule has 0 saturated heterocycles. The molecule has 2 saturated carbocycles. The second-order valence-electron chi connectivity index (χ2n) is 8.90. The summed E-state index contributed by atoms with van der Waals surface area (Å²) in [6.45, 7) is 1.20. The average molecular weight is 393 g/mol. The van der Waals surface area contributed by atoms with Gasteiger partial charge in [0.05, 0.1) is 5.52 Å². The lowest BCUT2D eigenvalue weighted by Gasteiger charge is -2.58. The molecule has 150 valence electrons. The van der Waals surface area contributed by atoms with Crippen molar-refractivity contribution in [3.63, 3.8) is 0 Å². The van der Waals surface area contributed by atoms with Crippen molar-refractivity contribution in [3.05, 3.63) is 17.9 Å². The van der Waals surface area contributed by atoms with Crippen LogP contribution in [0.4, 0.5) is 19.1 Å². The Morgan fingerprint density at radius 3 is 2.64 bits per heavy atom. The standard InChI is InChI=1S/C20H22F3N3O2/c1-19(2,11-4-5-11)10-15(27)26-18-24-16-13(21)8-12(28-17(22)23)9-14(16)25(18)20(26)6-3-7-20/h8-9,11,17H,3-7,10H2,1-2H3. The van der Waals surface area contributed by atoms with Crippen LogP contribution in [0.1, 0.15) is 52.4 Å². The summed E-state index contributed by atoms with van der Waals surface area (Å²) >= 11 is 0. The van der Waals surface area contributed by atoms with Crippen LogP contribution in [-0.2, 0) is 10.5 Å². The highest BCUT2D eigenvalue weighted by Crippen LogP contribution is 2.57. The second-order valence-corrected chi connectivity index (χ2v) is 8.90. The predicted octanol–water partition coefficient (Wildman–Crippen LogP) is 4.79. The minimum Gasteiger partial charge on any atom is -0.435 e. The van der Waals surface area contributed by atoms with E-state index in [1.165, 1.54) is 6.07 Å². The fraction of sp³-hybridized carbons (Fsp3) is 0.600. The van der Waals surface area contributed by atoms with Crippen molar-refractivity contribution in [2.75, 3.05) is 4.90 Å².